The van der Waals surface area contributed by atoms with E-state index in [0.29, 0.717) is 13.1 Å². The van der Waals surface area contributed by atoms with Gasteiger partial charge in [0.25, 0.3) is 0 Å². The SMILES string of the molecule is CCSc1ccc(CCNC(=O)CNC)cc1. The second kappa shape index (κ2) is 8.14. The molecule has 1 aromatic rings. The molecule has 0 aliphatic carbocycles. The minimum absolute atomic E-state index is 0.0469. The zero-order valence-corrected chi connectivity index (χ0v) is 11.3. The van der Waals surface area contributed by atoms with Gasteiger partial charge in [-0.2, -0.15) is 0 Å². The Morgan fingerprint density at radius 2 is 2.00 bits per heavy atom. The van der Waals surface area contributed by atoms with E-state index in [0.717, 1.165) is 12.2 Å². The smallest absolute Gasteiger partial charge is 0.233 e. The van der Waals surface area contributed by atoms with Crippen LogP contribution >= 0.6 is 11.8 Å². The van der Waals surface area contributed by atoms with Crippen molar-refractivity contribution in [3.63, 3.8) is 0 Å². The Morgan fingerprint density at radius 3 is 2.59 bits per heavy atom. The highest BCUT2D eigenvalue weighted by molar-refractivity contribution is 7.99. The van der Waals surface area contributed by atoms with Gasteiger partial charge in [0.05, 0.1) is 6.54 Å². The average molecular weight is 252 g/mol. The largest absolute Gasteiger partial charge is 0.355 e. The van der Waals surface area contributed by atoms with Crippen molar-refractivity contribution in [1.82, 2.24) is 10.6 Å². The molecule has 0 aromatic heterocycles. The summed E-state index contributed by atoms with van der Waals surface area (Å²) in [5.41, 5.74) is 1.26. The van der Waals surface area contributed by atoms with Gasteiger partial charge in [-0.05, 0) is 36.9 Å². The maximum absolute atomic E-state index is 11.2. The monoisotopic (exact) mass is 252 g/mol. The molecule has 0 spiro atoms. The van der Waals surface area contributed by atoms with Gasteiger partial charge < -0.3 is 10.6 Å². The molecule has 17 heavy (non-hydrogen) atoms. The maximum atomic E-state index is 11.2. The summed E-state index contributed by atoms with van der Waals surface area (Å²) in [6.07, 6.45) is 0.881. The number of carbonyl (C=O) groups is 1. The second-order valence-corrected chi connectivity index (χ2v) is 5.04. The van der Waals surface area contributed by atoms with Gasteiger partial charge in [-0.1, -0.05) is 19.1 Å². The van der Waals surface area contributed by atoms with Crippen LogP contribution in [0.15, 0.2) is 29.2 Å². The fraction of sp³-hybridized carbons (Fsp3) is 0.462. The first-order chi connectivity index (χ1) is 8.26. The highest BCUT2D eigenvalue weighted by atomic mass is 32.2. The van der Waals surface area contributed by atoms with Crippen molar-refractivity contribution in [1.29, 1.82) is 0 Å². The van der Waals surface area contributed by atoms with Crippen molar-refractivity contribution in [3.05, 3.63) is 29.8 Å². The molecule has 0 aliphatic heterocycles. The lowest BCUT2D eigenvalue weighted by Gasteiger charge is -2.05. The highest BCUT2D eigenvalue weighted by Gasteiger charge is 1.99. The topological polar surface area (TPSA) is 41.1 Å². The highest BCUT2D eigenvalue weighted by Crippen LogP contribution is 2.17. The maximum Gasteiger partial charge on any atom is 0.233 e. The molecule has 0 saturated carbocycles. The third-order valence-electron chi connectivity index (χ3n) is 2.31. The number of nitrogens with one attached hydrogen (secondary N) is 2. The van der Waals surface area contributed by atoms with E-state index in [-0.39, 0.29) is 5.91 Å². The molecule has 0 bridgehead atoms. The Morgan fingerprint density at radius 1 is 1.29 bits per heavy atom. The molecule has 0 radical (unpaired) electrons. The first kappa shape index (κ1) is 14.1. The summed E-state index contributed by atoms with van der Waals surface area (Å²) < 4.78 is 0. The van der Waals surface area contributed by atoms with Crippen LogP contribution in [-0.4, -0.2) is 31.8 Å². The molecule has 94 valence electrons. The van der Waals surface area contributed by atoms with E-state index in [1.54, 1.807) is 7.05 Å². The predicted molar refractivity (Wildman–Crippen MR) is 73.5 cm³/mol. The van der Waals surface area contributed by atoms with E-state index in [4.69, 9.17) is 0 Å². The second-order valence-electron chi connectivity index (χ2n) is 3.71. The number of rotatable bonds is 7. The van der Waals surface area contributed by atoms with Crippen LogP contribution in [0, 0.1) is 0 Å². The lowest BCUT2D eigenvalue weighted by atomic mass is 10.1. The fourth-order valence-electron chi connectivity index (χ4n) is 1.49. The molecular formula is C13H20N2OS. The molecule has 0 saturated heterocycles. The number of hydrogen-bond acceptors (Lipinski definition) is 3. The van der Waals surface area contributed by atoms with Gasteiger partial charge in [0.1, 0.15) is 0 Å². The molecule has 4 heteroatoms. The van der Waals surface area contributed by atoms with Crippen LogP contribution in [0.4, 0.5) is 0 Å². The van der Waals surface area contributed by atoms with Crippen molar-refractivity contribution in [2.45, 2.75) is 18.2 Å². The van der Waals surface area contributed by atoms with Gasteiger partial charge >= 0.3 is 0 Å². The van der Waals surface area contributed by atoms with Crippen LogP contribution in [0.25, 0.3) is 0 Å². The van der Waals surface area contributed by atoms with Crippen molar-refractivity contribution in [2.24, 2.45) is 0 Å². The molecule has 3 nitrogen and oxygen atoms in total. The number of amides is 1. The van der Waals surface area contributed by atoms with E-state index in [1.165, 1.54) is 10.5 Å². The third kappa shape index (κ3) is 5.75. The van der Waals surface area contributed by atoms with Crippen LogP contribution in [-0.2, 0) is 11.2 Å². The number of carbonyl (C=O) groups excluding carboxylic acids is 1. The van der Waals surface area contributed by atoms with Crippen LogP contribution in [0.1, 0.15) is 12.5 Å². The summed E-state index contributed by atoms with van der Waals surface area (Å²) in [5, 5.41) is 5.69. The first-order valence-electron chi connectivity index (χ1n) is 5.89. The Labute approximate surface area is 107 Å². The summed E-state index contributed by atoms with van der Waals surface area (Å²) >= 11 is 1.84. The molecule has 0 fully saturated rings. The van der Waals surface area contributed by atoms with E-state index in [1.807, 2.05) is 11.8 Å². The summed E-state index contributed by atoms with van der Waals surface area (Å²) in [6.45, 7) is 3.22. The number of benzene rings is 1. The van der Waals surface area contributed by atoms with Crippen molar-refractivity contribution in [2.75, 3.05) is 25.9 Å². The summed E-state index contributed by atoms with van der Waals surface area (Å²) in [4.78, 5) is 12.5. The van der Waals surface area contributed by atoms with Gasteiger partial charge in [-0.3, -0.25) is 4.79 Å². The molecule has 0 aliphatic rings. The van der Waals surface area contributed by atoms with Gasteiger partial charge in [0.15, 0.2) is 0 Å². The van der Waals surface area contributed by atoms with Crippen LogP contribution in [0.3, 0.4) is 0 Å². The molecule has 2 N–H and O–H groups in total. The van der Waals surface area contributed by atoms with Crippen LogP contribution < -0.4 is 10.6 Å². The Kier molecular flexibility index (Phi) is 6.74. The molecule has 0 heterocycles. The standard InChI is InChI=1S/C13H20N2OS/c1-3-17-12-6-4-11(5-7-12)8-9-15-13(16)10-14-2/h4-7,14H,3,8-10H2,1-2H3,(H,15,16). The zero-order chi connectivity index (χ0) is 12.5. The quantitative estimate of drug-likeness (QED) is 0.725. The number of hydrogen-bond donors (Lipinski definition) is 2. The molecule has 0 unspecified atom stereocenters. The Hall–Kier alpha value is -1.00. The molecule has 1 rings (SSSR count). The predicted octanol–water partition coefficient (Wildman–Crippen LogP) is 1.68. The molecular weight excluding hydrogens is 232 g/mol. The Bertz CT molecular complexity index is 338. The van der Waals surface area contributed by atoms with Crippen molar-refractivity contribution >= 4 is 17.7 Å². The van der Waals surface area contributed by atoms with Crippen LogP contribution in [0.5, 0.6) is 0 Å². The van der Waals surface area contributed by atoms with Gasteiger partial charge in [-0.15, -0.1) is 11.8 Å². The Balaban J connectivity index is 2.29. The minimum Gasteiger partial charge on any atom is -0.355 e. The summed E-state index contributed by atoms with van der Waals surface area (Å²) in [7, 11) is 1.77. The van der Waals surface area contributed by atoms with Crippen molar-refractivity contribution in [3.8, 4) is 0 Å². The fourth-order valence-corrected chi connectivity index (χ4v) is 2.15. The number of thioether (sulfide) groups is 1. The van der Waals surface area contributed by atoms with Crippen molar-refractivity contribution < 1.29 is 4.79 Å². The lowest BCUT2D eigenvalue weighted by molar-refractivity contribution is -0.120. The zero-order valence-electron chi connectivity index (χ0n) is 10.5. The molecule has 1 amide bonds. The normalized spacial score (nSPS) is 10.2. The molecule has 1 aromatic carbocycles. The van der Waals surface area contributed by atoms with Gasteiger partial charge in [0.2, 0.25) is 5.91 Å². The van der Waals surface area contributed by atoms with Gasteiger partial charge in [-0.25, -0.2) is 0 Å². The minimum atomic E-state index is 0.0469. The summed E-state index contributed by atoms with van der Waals surface area (Å²) in [6, 6.07) is 8.53. The number of likely N-dealkylation sites (N-methyl/N-ethyl adjacent to an activating group) is 1. The third-order valence-corrected chi connectivity index (χ3v) is 3.20. The van der Waals surface area contributed by atoms with E-state index >= 15 is 0 Å². The lowest BCUT2D eigenvalue weighted by Crippen LogP contribution is -2.33. The van der Waals surface area contributed by atoms with Gasteiger partial charge in [0, 0.05) is 11.4 Å². The first-order valence-corrected chi connectivity index (χ1v) is 6.88. The van der Waals surface area contributed by atoms with E-state index < -0.39 is 0 Å². The summed E-state index contributed by atoms with van der Waals surface area (Å²) in [5.74, 6) is 1.14. The average Bonchev–Trinajstić information content (AvgIpc) is 2.32. The van der Waals surface area contributed by atoms with E-state index in [2.05, 4.69) is 41.8 Å². The van der Waals surface area contributed by atoms with Crippen LogP contribution in [0.2, 0.25) is 0 Å². The molecule has 0 atom stereocenters. The van der Waals surface area contributed by atoms with E-state index in [9.17, 15) is 4.79 Å².